The van der Waals surface area contributed by atoms with Crippen molar-refractivity contribution in [2.24, 2.45) is 0 Å². The van der Waals surface area contributed by atoms with Crippen molar-refractivity contribution in [1.29, 1.82) is 10.5 Å². The number of nitrogens with zero attached hydrogens (tertiary/aromatic N) is 3. The highest BCUT2D eigenvalue weighted by molar-refractivity contribution is 9.10. The predicted octanol–water partition coefficient (Wildman–Crippen LogP) is 2.06. The summed E-state index contributed by atoms with van der Waals surface area (Å²) < 4.78 is -1.66. The molecule has 6 heteroatoms. The molecule has 2 amide bonds. The molecule has 0 saturated carbocycles. The Balaban J connectivity index is 2.57. The fourth-order valence-electron chi connectivity index (χ4n) is 2.22. The third kappa shape index (κ3) is 2.31. The molecule has 100 valence electrons. The highest BCUT2D eigenvalue weighted by Crippen LogP contribution is 2.40. The molecule has 20 heavy (non-hydrogen) atoms. The van der Waals surface area contributed by atoms with Gasteiger partial charge in [-0.05, 0) is 21.5 Å². The van der Waals surface area contributed by atoms with Gasteiger partial charge in [0, 0.05) is 12.8 Å². The number of carbonyl (C=O) groups excluding carboxylic acids is 2. The van der Waals surface area contributed by atoms with Gasteiger partial charge in [-0.25, -0.2) is 0 Å². The molecule has 1 aliphatic heterocycles. The first-order chi connectivity index (χ1) is 9.53. The fraction of sp³-hybridized carbons (Fsp3) is 0.286. The summed E-state index contributed by atoms with van der Waals surface area (Å²) in [5.41, 5.74) is 0.566. The molecular formula is C14H10BrN3O2. The van der Waals surface area contributed by atoms with Crippen LogP contribution in [0.1, 0.15) is 24.4 Å². The maximum absolute atomic E-state index is 11.9. The number of likely N-dealkylation sites (tertiary alicyclic amines) is 1. The molecule has 0 aromatic heterocycles. The average molecular weight is 332 g/mol. The van der Waals surface area contributed by atoms with Gasteiger partial charge in [0.1, 0.15) is 6.04 Å². The zero-order valence-electron chi connectivity index (χ0n) is 10.4. The first kappa shape index (κ1) is 14.2. The fourth-order valence-corrected chi connectivity index (χ4v) is 2.69. The Bertz CT molecular complexity index is 600. The van der Waals surface area contributed by atoms with Crippen LogP contribution in [0.15, 0.2) is 30.3 Å². The molecule has 2 rings (SSSR count). The summed E-state index contributed by atoms with van der Waals surface area (Å²) in [6, 6.07) is 11.4. The largest absolute Gasteiger partial charge is 0.274 e. The maximum Gasteiger partial charge on any atom is 0.230 e. The number of imide groups is 1. The second kappa shape index (κ2) is 5.44. The summed E-state index contributed by atoms with van der Waals surface area (Å²) in [6.45, 7) is 0. The number of amides is 2. The number of benzene rings is 1. The monoisotopic (exact) mass is 331 g/mol. The zero-order chi connectivity index (χ0) is 14.8. The maximum atomic E-state index is 11.9. The molecule has 0 radical (unpaired) electrons. The smallest absolute Gasteiger partial charge is 0.230 e. The van der Waals surface area contributed by atoms with Crippen LogP contribution in [0.3, 0.4) is 0 Å². The molecule has 1 saturated heterocycles. The van der Waals surface area contributed by atoms with E-state index in [9.17, 15) is 20.1 Å². The second-order valence-corrected chi connectivity index (χ2v) is 5.66. The number of nitriles is 2. The Labute approximate surface area is 124 Å². The van der Waals surface area contributed by atoms with E-state index in [0.717, 1.165) is 4.90 Å². The summed E-state index contributed by atoms with van der Waals surface area (Å²) in [7, 11) is 0. The molecular weight excluding hydrogens is 322 g/mol. The Morgan fingerprint density at radius 3 is 2.05 bits per heavy atom. The molecule has 1 aromatic carbocycles. The van der Waals surface area contributed by atoms with Crippen molar-refractivity contribution in [2.45, 2.75) is 23.2 Å². The summed E-state index contributed by atoms with van der Waals surface area (Å²) in [6.07, 6.45) is 0.226. The Morgan fingerprint density at radius 1 is 1.10 bits per heavy atom. The molecule has 1 atom stereocenters. The van der Waals surface area contributed by atoms with Crippen molar-refractivity contribution < 1.29 is 9.59 Å². The minimum Gasteiger partial charge on any atom is -0.274 e. The van der Waals surface area contributed by atoms with Gasteiger partial charge in [-0.3, -0.25) is 14.5 Å². The molecule has 1 aromatic rings. The molecule has 1 heterocycles. The van der Waals surface area contributed by atoms with E-state index in [1.165, 1.54) is 0 Å². The minimum absolute atomic E-state index is 0.113. The highest BCUT2D eigenvalue weighted by Gasteiger charge is 2.48. The van der Waals surface area contributed by atoms with E-state index in [1.54, 1.807) is 30.3 Å². The van der Waals surface area contributed by atoms with Crippen molar-refractivity contribution in [3.05, 3.63) is 35.9 Å². The number of hydrogen-bond donors (Lipinski definition) is 0. The number of hydrogen-bond acceptors (Lipinski definition) is 4. The van der Waals surface area contributed by atoms with Crippen LogP contribution >= 0.6 is 15.9 Å². The van der Waals surface area contributed by atoms with E-state index in [1.807, 2.05) is 12.1 Å². The molecule has 1 aliphatic rings. The normalized spacial score (nSPS) is 16.6. The molecule has 1 fully saturated rings. The van der Waals surface area contributed by atoms with Gasteiger partial charge >= 0.3 is 0 Å². The van der Waals surface area contributed by atoms with Crippen molar-refractivity contribution in [2.75, 3.05) is 0 Å². The number of carbonyl (C=O) groups is 2. The minimum atomic E-state index is -1.66. The third-order valence-corrected chi connectivity index (χ3v) is 3.95. The standard InChI is InChI=1S/C14H10BrN3O2/c15-14(8-16,9-17)13(10-4-2-1-3-5-10)18-11(19)6-7-12(18)20/h1-5,13H,6-7H2. The van der Waals surface area contributed by atoms with E-state index in [-0.39, 0.29) is 24.7 Å². The molecule has 1 unspecified atom stereocenters. The number of rotatable bonds is 3. The second-order valence-electron chi connectivity index (χ2n) is 4.41. The topological polar surface area (TPSA) is 85.0 Å². The van der Waals surface area contributed by atoms with Crippen molar-refractivity contribution in [1.82, 2.24) is 4.90 Å². The average Bonchev–Trinajstić information content (AvgIpc) is 2.80. The van der Waals surface area contributed by atoms with Crippen LogP contribution in [0.2, 0.25) is 0 Å². The van der Waals surface area contributed by atoms with E-state index in [0.29, 0.717) is 5.56 Å². The molecule has 0 spiro atoms. The molecule has 0 bridgehead atoms. The predicted molar refractivity (Wildman–Crippen MR) is 73.2 cm³/mol. The zero-order valence-corrected chi connectivity index (χ0v) is 12.0. The molecule has 0 N–H and O–H groups in total. The van der Waals surface area contributed by atoms with Crippen LogP contribution in [0.4, 0.5) is 0 Å². The van der Waals surface area contributed by atoms with Crippen molar-refractivity contribution in [3.63, 3.8) is 0 Å². The number of halogens is 1. The van der Waals surface area contributed by atoms with Crippen LogP contribution in [-0.4, -0.2) is 21.0 Å². The van der Waals surface area contributed by atoms with Gasteiger partial charge in [0.05, 0.1) is 12.1 Å². The van der Waals surface area contributed by atoms with E-state index in [2.05, 4.69) is 15.9 Å². The van der Waals surface area contributed by atoms with Crippen LogP contribution in [-0.2, 0) is 9.59 Å². The first-order valence-electron chi connectivity index (χ1n) is 5.94. The molecule has 5 nitrogen and oxygen atoms in total. The van der Waals surface area contributed by atoms with E-state index >= 15 is 0 Å². The quantitative estimate of drug-likeness (QED) is 0.626. The number of alkyl halides is 1. The van der Waals surface area contributed by atoms with Crippen LogP contribution in [0.5, 0.6) is 0 Å². The SMILES string of the molecule is N#CC(Br)(C#N)C(c1ccccc1)N1C(=O)CCC1=O. The first-order valence-corrected chi connectivity index (χ1v) is 6.74. The van der Waals surface area contributed by atoms with Gasteiger partial charge in [-0.1, -0.05) is 30.3 Å². The Morgan fingerprint density at radius 2 is 1.60 bits per heavy atom. The third-order valence-electron chi connectivity index (χ3n) is 3.17. The van der Waals surface area contributed by atoms with Crippen molar-refractivity contribution >= 4 is 27.7 Å². The van der Waals surface area contributed by atoms with E-state index in [4.69, 9.17) is 0 Å². The summed E-state index contributed by atoms with van der Waals surface area (Å²) in [5.74, 6) is -0.726. The lowest BCUT2D eigenvalue weighted by molar-refractivity contribution is -0.141. The summed E-state index contributed by atoms with van der Waals surface area (Å²) in [4.78, 5) is 24.9. The van der Waals surface area contributed by atoms with Crippen molar-refractivity contribution in [3.8, 4) is 12.1 Å². The lowest BCUT2D eigenvalue weighted by atomic mass is 9.93. The van der Waals surface area contributed by atoms with Gasteiger partial charge < -0.3 is 0 Å². The highest BCUT2D eigenvalue weighted by atomic mass is 79.9. The lowest BCUT2D eigenvalue weighted by Gasteiger charge is -2.31. The van der Waals surface area contributed by atoms with Crippen LogP contribution < -0.4 is 0 Å². The van der Waals surface area contributed by atoms with Gasteiger partial charge in [-0.2, -0.15) is 10.5 Å². The summed E-state index contributed by atoms with van der Waals surface area (Å²) >= 11 is 3.08. The van der Waals surface area contributed by atoms with Gasteiger partial charge in [0.25, 0.3) is 0 Å². The lowest BCUT2D eigenvalue weighted by Crippen LogP contribution is -2.43. The van der Waals surface area contributed by atoms with Crippen LogP contribution in [0.25, 0.3) is 0 Å². The van der Waals surface area contributed by atoms with Crippen LogP contribution in [0, 0.1) is 22.7 Å². The Kier molecular flexibility index (Phi) is 3.87. The molecule has 0 aliphatic carbocycles. The summed E-state index contributed by atoms with van der Waals surface area (Å²) in [5, 5.41) is 18.6. The van der Waals surface area contributed by atoms with Gasteiger partial charge in [0.15, 0.2) is 0 Å². The van der Waals surface area contributed by atoms with E-state index < -0.39 is 10.4 Å². The van der Waals surface area contributed by atoms with Gasteiger partial charge in [0.2, 0.25) is 16.1 Å². The van der Waals surface area contributed by atoms with Gasteiger partial charge in [-0.15, -0.1) is 0 Å². The Hall–Kier alpha value is -2.18.